The van der Waals surface area contributed by atoms with Crippen molar-refractivity contribution in [2.24, 2.45) is 0 Å². The van der Waals surface area contributed by atoms with Gasteiger partial charge in [-0.15, -0.1) is 5.10 Å². The minimum Gasteiger partial charge on any atom is -0.324 e. The van der Waals surface area contributed by atoms with Crippen LogP contribution in [-0.2, 0) is 17.9 Å². The van der Waals surface area contributed by atoms with Crippen molar-refractivity contribution in [2.45, 2.75) is 13.1 Å². The number of amides is 1. The number of nitrogens with one attached hydrogen (secondary N) is 1. The van der Waals surface area contributed by atoms with E-state index in [1.165, 1.54) is 0 Å². The topological polar surface area (TPSA) is 77.6 Å². The molecule has 0 aliphatic carbocycles. The molecule has 4 rings (SSSR count). The second-order valence-electron chi connectivity index (χ2n) is 5.64. The van der Waals surface area contributed by atoms with Gasteiger partial charge in [0.15, 0.2) is 0 Å². The first-order valence-electron chi connectivity index (χ1n) is 7.93. The predicted octanol–water partition coefficient (Wildman–Crippen LogP) is 2.31. The fourth-order valence-electron chi connectivity index (χ4n) is 2.71. The highest BCUT2D eigenvalue weighted by Crippen LogP contribution is 2.17. The van der Waals surface area contributed by atoms with Gasteiger partial charge in [-0.05, 0) is 29.8 Å². The molecule has 0 radical (unpaired) electrons. The van der Waals surface area contributed by atoms with E-state index in [4.69, 9.17) is 0 Å². The number of fused-ring (bicyclic) bond motifs is 1. The number of aromatic nitrogens is 5. The number of benzene rings is 2. The maximum Gasteiger partial charge on any atom is 0.246 e. The van der Waals surface area contributed by atoms with Crippen LogP contribution in [0.2, 0.25) is 0 Å². The molecule has 2 aromatic heterocycles. The van der Waals surface area contributed by atoms with Crippen LogP contribution in [0.25, 0.3) is 11.0 Å². The standard InChI is InChI=1S/C18H16N6O/c25-18(13-24-17-9-4-3-8-16(17)21-22-24)20-15-7-2-1-6-14(15)12-23-11-5-10-19-23/h1-11H,12-13H2,(H,20,25). The van der Waals surface area contributed by atoms with Gasteiger partial charge in [-0.3, -0.25) is 9.48 Å². The molecule has 0 aliphatic rings. The fourth-order valence-corrected chi connectivity index (χ4v) is 2.71. The molecular weight excluding hydrogens is 316 g/mol. The van der Waals surface area contributed by atoms with Crippen molar-refractivity contribution < 1.29 is 4.79 Å². The van der Waals surface area contributed by atoms with Crippen LogP contribution >= 0.6 is 0 Å². The first-order valence-corrected chi connectivity index (χ1v) is 7.93. The van der Waals surface area contributed by atoms with E-state index < -0.39 is 0 Å². The number of nitrogens with zero attached hydrogens (tertiary/aromatic N) is 5. The lowest BCUT2D eigenvalue weighted by atomic mass is 10.1. The van der Waals surface area contributed by atoms with Crippen LogP contribution in [0.4, 0.5) is 5.69 Å². The summed E-state index contributed by atoms with van der Waals surface area (Å²) in [5.41, 5.74) is 3.37. The van der Waals surface area contributed by atoms with Gasteiger partial charge in [-0.25, -0.2) is 4.68 Å². The Morgan fingerprint density at radius 2 is 1.88 bits per heavy atom. The Morgan fingerprint density at radius 3 is 2.76 bits per heavy atom. The Morgan fingerprint density at radius 1 is 1.04 bits per heavy atom. The number of rotatable bonds is 5. The van der Waals surface area contributed by atoms with E-state index in [2.05, 4.69) is 20.7 Å². The van der Waals surface area contributed by atoms with Crippen molar-refractivity contribution in [3.05, 3.63) is 72.6 Å². The summed E-state index contributed by atoms with van der Waals surface area (Å²) in [6.45, 7) is 0.701. The third-order valence-electron chi connectivity index (χ3n) is 3.90. The molecule has 0 saturated heterocycles. The van der Waals surface area contributed by atoms with Gasteiger partial charge in [0, 0.05) is 18.1 Å². The van der Waals surface area contributed by atoms with Crippen molar-refractivity contribution >= 4 is 22.6 Å². The average Bonchev–Trinajstić information content (AvgIpc) is 3.27. The molecule has 0 fully saturated rings. The molecule has 2 aromatic carbocycles. The Kier molecular flexibility index (Phi) is 3.96. The maximum atomic E-state index is 12.5. The number of carbonyl (C=O) groups is 1. The van der Waals surface area contributed by atoms with Crippen LogP contribution in [0.5, 0.6) is 0 Å². The summed E-state index contributed by atoms with van der Waals surface area (Å²) < 4.78 is 3.41. The van der Waals surface area contributed by atoms with Crippen molar-refractivity contribution in [3.63, 3.8) is 0 Å². The van der Waals surface area contributed by atoms with Crippen molar-refractivity contribution in [1.29, 1.82) is 0 Å². The van der Waals surface area contributed by atoms with Crippen molar-refractivity contribution in [2.75, 3.05) is 5.32 Å². The van der Waals surface area contributed by atoms with Crippen LogP contribution < -0.4 is 5.32 Å². The molecule has 124 valence electrons. The molecule has 0 atom stereocenters. The second kappa shape index (κ2) is 6.56. The Balaban J connectivity index is 1.51. The van der Waals surface area contributed by atoms with Crippen LogP contribution in [0.15, 0.2) is 67.0 Å². The smallest absolute Gasteiger partial charge is 0.246 e. The van der Waals surface area contributed by atoms with E-state index >= 15 is 0 Å². The molecule has 0 aliphatic heterocycles. The molecule has 0 saturated carbocycles. The van der Waals surface area contributed by atoms with E-state index in [1.807, 2.05) is 65.5 Å². The summed E-state index contributed by atoms with van der Waals surface area (Å²) in [6.07, 6.45) is 3.62. The summed E-state index contributed by atoms with van der Waals surface area (Å²) >= 11 is 0. The zero-order valence-electron chi connectivity index (χ0n) is 13.4. The lowest BCUT2D eigenvalue weighted by Crippen LogP contribution is -2.20. The predicted molar refractivity (Wildman–Crippen MR) is 93.9 cm³/mol. The zero-order chi connectivity index (χ0) is 17.1. The first kappa shape index (κ1) is 15.1. The van der Waals surface area contributed by atoms with E-state index in [-0.39, 0.29) is 12.5 Å². The van der Waals surface area contributed by atoms with E-state index in [9.17, 15) is 4.79 Å². The fraction of sp³-hybridized carbons (Fsp3) is 0.111. The van der Waals surface area contributed by atoms with Gasteiger partial charge in [0.1, 0.15) is 12.1 Å². The van der Waals surface area contributed by atoms with Gasteiger partial charge < -0.3 is 5.32 Å². The molecule has 7 heteroatoms. The number of anilines is 1. The van der Waals surface area contributed by atoms with Gasteiger partial charge in [-0.1, -0.05) is 35.5 Å². The van der Waals surface area contributed by atoms with Crippen LogP contribution in [0, 0.1) is 0 Å². The normalized spacial score (nSPS) is 10.9. The molecule has 1 amide bonds. The zero-order valence-corrected chi connectivity index (χ0v) is 13.4. The SMILES string of the molecule is O=C(Cn1nnc2ccccc21)Nc1ccccc1Cn1cccn1. The van der Waals surface area contributed by atoms with Gasteiger partial charge in [-0.2, -0.15) is 5.10 Å². The van der Waals surface area contributed by atoms with Gasteiger partial charge >= 0.3 is 0 Å². The maximum absolute atomic E-state index is 12.5. The summed E-state index contributed by atoms with van der Waals surface area (Å²) in [5, 5.41) is 15.3. The van der Waals surface area contributed by atoms with Crippen LogP contribution in [-0.4, -0.2) is 30.7 Å². The number of para-hydroxylation sites is 2. The highest BCUT2D eigenvalue weighted by Gasteiger charge is 2.11. The molecule has 25 heavy (non-hydrogen) atoms. The molecular formula is C18H16N6O. The monoisotopic (exact) mass is 332 g/mol. The Hall–Kier alpha value is -3.48. The molecule has 7 nitrogen and oxygen atoms in total. The summed E-state index contributed by atoms with van der Waals surface area (Å²) in [4.78, 5) is 12.5. The van der Waals surface area contributed by atoms with E-state index in [1.54, 1.807) is 10.9 Å². The first-order chi connectivity index (χ1) is 12.3. The summed E-state index contributed by atoms with van der Waals surface area (Å²) in [5.74, 6) is -0.149. The lowest BCUT2D eigenvalue weighted by Gasteiger charge is -2.11. The van der Waals surface area contributed by atoms with Crippen LogP contribution in [0.3, 0.4) is 0 Å². The van der Waals surface area contributed by atoms with E-state index in [0.29, 0.717) is 6.54 Å². The van der Waals surface area contributed by atoms with Gasteiger partial charge in [0.25, 0.3) is 0 Å². The largest absolute Gasteiger partial charge is 0.324 e. The van der Waals surface area contributed by atoms with Crippen LogP contribution in [0.1, 0.15) is 5.56 Å². The third kappa shape index (κ3) is 3.25. The van der Waals surface area contributed by atoms with Crippen molar-refractivity contribution in [1.82, 2.24) is 24.8 Å². The molecule has 0 unspecified atom stereocenters. The summed E-state index contributed by atoms with van der Waals surface area (Å²) in [6, 6.07) is 17.1. The second-order valence-corrected chi connectivity index (χ2v) is 5.64. The Bertz CT molecular complexity index is 1010. The highest BCUT2D eigenvalue weighted by atomic mass is 16.2. The van der Waals surface area contributed by atoms with Gasteiger partial charge in [0.05, 0.1) is 12.1 Å². The Labute approximate surface area is 143 Å². The molecule has 2 heterocycles. The molecule has 0 spiro atoms. The minimum atomic E-state index is -0.149. The molecule has 0 bridgehead atoms. The quantitative estimate of drug-likeness (QED) is 0.608. The minimum absolute atomic E-state index is 0.108. The number of hydrogen-bond acceptors (Lipinski definition) is 4. The average molecular weight is 332 g/mol. The molecule has 1 N–H and O–H groups in total. The summed E-state index contributed by atoms with van der Waals surface area (Å²) in [7, 11) is 0. The van der Waals surface area contributed by atoms with E-state index in [0.717, 1.165) is 22.3 Å². The number of hydrogen-bond donors (Lipinski definition) is 1. The third-order valence-corrected chi connectivity index (χ3v) is 3.90. The van der Waals surface area contributed by atoms with Gasteiger partial charge in [0.2, 0.25) is 5.91 Å². The lowest BCUT2D eigenvalue weighted by molar-refractivity contribution is -0.116. The molecule has 4 aromatic rings. The number of carbonyl (C=O) groups excluding carboxylic acids is 1. The van der Waals surface area contributed by atoms with Crippen molar-refractivity contribution in [3.8, 4) is 0 Å². The highest BCUT2D eigenvalue weighted by molar-refractivity contribution is 5.92.